The molecule has 0 saturated heterocycles. The molecule has 0 aliphatic heterocycles. The number of ether oxygens (including phenoxy) is 1. The van der Waals surface area contributed by atoms with Gasteiger partial charge in [0.2, 0.25) is 0 Å². The Kier molecular flexibility index (Phi) is 5.66. The van der Waals surface area contributed by atoms with Crippen molar-refractivity contribution in [3.05, 3.63) is 0 Å². The lowest BCUT2D eigenvalue weighted by Gasteiger charge is -2.24. The predicted molar refractivity (Wildman–Crippen MR) is 55.6 cm³/mol. The van der Waals surface area contributed by atoms with Crippen LogP contribution in [0.3, 0.4) is 0 Å². The minimum absolute atomic E-state index is 0.0164. The minimum Gasteiger partial charge on any atom is -0.383 e. The standard InChI is InChI=1S/C9H21N3O/c1-5-9(2,3)8(12-10)11-6-7-13-4/h5-7,10H2,1-4H3,(H,11,12). The molecule has 0 atom stereocenters. The Labute approximate surface area is 80.5 Å². The van der Waals surface area contributed by atoms with Crippen LogP contribution in [-0.4, -0.2) is 26.1 Å². The largest absolute Gasteiger partial charge is 0.383 e. The summed E-state index contributed by atoms with van der Waals surface area (Å²) in [5.74, 6) is 6.23. The lowest BCUT2D eigenvalue weighted by atomic mass is 9.89. The van der Waals surface area contributed by atoms with Crippen molar-refractivity contribution in [3.63, 3.8) is 0 Å². The first-order valence-electron chi connectivity index (χ1n) is 4.59. The first kappa shape index (κ1) is 12.4. The molecule has 0 amide bonds. The molecule has 0 fully saturated rings. The molecule has 0 radical (unpaired) electrons. The molecule has 0 saturated carbocycles. The second kappa shape index (κ2) is 5.94. The maximum atomic E-state index is 5.40. The quantitative estimate of drug-likeness (QED) is 0.221. The zero-order valence-electron chi connectivity index (χ0n) is 9.05. The fraction of sp³-hybridized carbons (Fsp3) is 0.889. The maximum absolute atomic E-state index is 5.40. The summed E-state index contributed by atoms with van der Waals surface area (Å²) in [7, 11) is 1.66. The van der Waals surface area contributed by atoms with E-state index in [0.29, 0.717) is 13.2 Å². The Bertz CT molecular complexity index is 166. The number of aliphatic imine (C=N–C) groups is 1. The van der Waals surface area contributed by atoms with E-state index in [-0.39, 0.29) is 5.41 Å². The van der Waals surface area contributed by atoms with E-state index < -0.39 is 0 Å². The van der Waals surface area contributed by atoms with Gasteiger partial charge < -0.3 is 10.2 Å². The fourth-order valence-electron chi connectivity index (χ4n) is 0.871. The van der Waals surface area contributed by atoms with Crippen LogP contribution in [0.15, 0.2) is 4.99 Å². The van der Waals surface area contributed by atoms with Gasteiger partial charge in [-0.05, 0) is 6.42 Å². The van der Waals surface area contributed by atoms with Gasteiger partial charge in [0.15, 0.2) is 0 Å². The number of nitrogens with zero attached hydrogens (tertiary/aromatic N) is 1. The average molecular weight is 187 g/mol. The Morgan fingerprint density at radius 2 is 2.15 bits per heavy atom. The van der Waals surface area contributed by atoms with Gasteiger partial charge in [-0.25, -0.2) is 5.84 Å². The van der Waals surface area contributed by atoms with Crippen LogP contribution in [0.2, 0.25) is 0 Å². The summed E-state index contributed by atoms with van der Waals surface area (Å²) < 4.78 is 4.91. The first-order chi connectivity index (χ1) is 6.08. The highest BCUT2D eigenvalue weighted by molar-refractivity contribution is 5.86. The highest BCUT2D eigenvalue weighted by Gasteiger charge is 2.21. The Morgan fingerprint density at radius 3 is 2.54 bits per heavy atom. The van der Waals surface area contributed by atoms with Crippen molar-refractivity contribution >= 4 is 5.84 Å². The third-order valence-electron chi connectivity index (χ3n) is 2.23. The number of hydrazine groups is 1. The van der Waals surface area contributed by atoms with E-state index in [2.05, 4.69) is 31.2 Å². The van der Waals surface area contributed by atoms with Crippen molar-refractivity contribution in [1.82, 2.24) is 5.43 Å². The van der Waals surface area contributed by atoms with Crippen molar-refractivity contribution < 1.29 is 4.74 Å². The van der Waals surface area contributed by atoms with Gasteiger partial charge >= 0.3 is 0 Å². The van der Waals surface area contributed by atoms with Crippen LogP contribution in [-0.2, 0) is 4.74 Å². The second-order valence-electron chi connectivity index (χ2n) is 3.60. The molecule has 3 N–H and O–H groups in total. The lowest BCUT2D eigenvalue weighted by molar-refractivity contribution is 0.207. The van der Waals surface area contributed by atoms with Crippen molar-refractivity contribution in [2.75, 3.05) is 20.3 Å². The van der Waals surface area contributed by atoms with Crippen molar-refractivity contribution in [2.24, 2.45) is 16.3 Å². The smallest absolute Gasteiger partial charge is 0.116 e. The summed E-state index contributed by atoms with van der Waals surface area (Å²) in [4.78, 5) is 4.33. The SMILES string of the molecule is CCC(C)(C)C(=NCCOC)NN. The monoisotopic (exact) mass is 187 g/mol. The van der Waals surface area contributed by atoms with Crippen molar-refractivity contribution in [3.8, 4) is 0 Å². The van der Waals surface area contributed by atoms with E-state index in [1.165, 1.54) is 0 Å². The van der Waals surface area contributed by atoms with Crippen LogP contribution < -0.4 is 11.3 Å². The molecule has 0 bridgehead atoms. The first-order valence-corrected chi connectivity index (χ1v) is 4.59. The van der Waals surface area contributed by atoms with Gasteiger partial charge in [-0.2, -0.15) is 0 Å². The van der Waals surface area contributed by atoms with E-state index in [1.807, 2.05) is 0 Å². The number of rotatable bonds is 5. The molecule has 4 heteroatoms. The van der Waals surface area contributed by atoms with E-state index in [9.17, 15) is 0 Å². The predicted octanol–water partition coefficient (Wildman–Crippen LogP) is 0.931. The minimum atomic E-state index is 0.0164. The zero-order valence-corrected chi connectivity index (χ0v) is 9.05. The topological polar surface area (TPSA) is 59.6 Å². The van der Waals surface area contributed by atoms with Crippen LogP contribution in [0.25, 0.3) is 0 Å². The van der Waals surface area contributed by atoms with E-state index >= 15 is 0 Å². The van der Waals surface area contributed by atoms with Crippen LogP contribution in [0.1, 0.15) is 27.2 Å². The third-order valence-corrected chi connectivity index (χ3v) is 2.23. The molecule has 0 heterocycles. The van der Waals surface area contributed by atoms with Crippen molar-refractivity contribution in [1.29, 1.82) is 0 Å². The summed E-state index contributed by atoms with van der Waals surface area (Å²) in [6, 6.07) is 0. The van der Waals surface area contributed by atoms with Gasteiger partial charge in [-0.1, -0.05) is 20.8 Å². The molecule has 4 nitrogen and oxygen atoms in total. The maximum Gasteiger partial charge on any atom is 0.116 e. The average Bonchev–Trinajstić information content (AvgIpc) is 2.12. The molecule has 0 rings (SSSR count). The molecule has 0 aromatic rings. The van der Waals surface area contributed by atoms with E-state index in [4.69, 9.17) is 10.6 Å². The highest BCUT2D eigenvalue weighted by atomic mass is 16.5. The summed E-state index contributed by atoms with van der Waals surface area (Å²) >= 11 is 0. The summed E-state index contributed by atoms with van der Waals surface area (Å²) in [6.07, 6.45) is 1.00. The Hall–Kier alpha value is -0.610. The van der Waals surface area contributed by atoms with Gasteiger partial charge in [0.05, 0.1) is 13.2 Å². The number of hydrogen-bond donors (Lipinski definition) is 2. The van der Waals surface area contributed by atoms with Crippen LogP contribution in [0, 0.1) is 5.41 Å². The van der Waals surface area contributed by atoms with Gasteiger partial charge in [-0.3, -0.25) is 4.99 Å². The zero-order chi connectivity index (χ0) is 10.3. The molecule has 0 aromatic carbocycles. The number of hydrogen-bond acceptors (Lipinski definition) is 3. The molecule has 0 aliphatic carbocycles. The summed E-state index contributed by atoms with van der Waals surface area (Å²) in [5.41, 5.74) is 2.66. The van der Waals surface area contributed by atoms with Crippen LogP contribution >= 0.6 is 0 Å². The molecular formula is C9H21N3O. The molecule has 0 aliphatic rings. The van der Waals surface area contributed by atoms with E-state index in [0.717, 1.165) is 12.3 Å². The van der Waals surface area contributed by atoms with Gasteiger partial charge in [0, 0.05) is 12.5 Å². The van der Waals surface area contributed by atoms with Gasteiger partial charge in [-0.15, -0.1) is 0 Å². The van der Waals surface area contributed by atoms with Gasteiger partial charge in [0.25, 0.3) is 0 Å². The fourth-order valence-corrected chi connectivity index (χ4v) is 0.871. The third kappa shape index (κ3) is 4.24. The number of nitrogens with one attached hydrogen (secondary N) is 1. The normalized spacial score (nSPS) is 13.2. The van der Waals surface area contributed by atoms with Crippen LogP contribution in [0.5, 0.6) is 0 Å². The molecule has 0 unspecified atom stereocenters. The van der Waals surface area contributed by atoms with E-state index in [1.54, 1.807) is 7.11 Å². The second-order valence-corrected chi connectivity index (χ2v) is 3.60. The lowest BCUT2D eigenvalue weighted by Crippen LogP contribution is -2.41. The highest BCUT2D eigenvalue weighted by Crippen LogP contribution is 2.20. The molecular weight excluding hydrogens is 166 g/mol. The van der Waals surface area contributed by atoms with Crippen molar-refractivity contribution in [2.45, 2.75) is 27.2 Å². The molecule has 78 valence electrons. The molecule has 13 heavy (non-hydrogen) atoms. The summed E-state index contributed by atoms with van der Waals surface area (Å²) in [6.45, 7) is 7.62. The number of amidine groups is 1. The molecule has 0 spiro atoms. The summed E-state index contributed by atoms with van der Waals surface area (Å²) in [5, 5.41) is 0. The molecule has 0 aromatic heterocycles. The Balaban J connectivity index is 4.22. The Morgan fingerprint density at radius 1 is 1.54 bits per heavy atom. The number of methoxy groups -OCH3 is 1. The van der Waals surface area contributed by atoms with Crippen LogP contribution in [0.4, 0.5) is 0 Å². The van der Waals surface area contributed by atoms with Gasteiger partial charge in [0.1, 0.15) is 5.84 Å². The number of nitrogens with two attached hydrogens (primary N) is 1.